The second-order valence-electron chi connectivity index (χ2n) is 4.47. The van der Waals surface area contributed by atoms with Crippen molar-refractivity contribution in [2.24, 2.45) is 0 Å². The molecule has 1 aliphatic heterocycles. The van der Waals surface area contributed by atoms with Crippen molar-refractivity contribution in [2.45, 2.75) is 30.2 Å². The van der Waals surface area contributed by atoms with E-state index < -0.39 is 0 Å². The third kappa shape index (κ3) is 3.03. The Hall–Kier alpha value is -0.510. The minimum Gasteiger partial charge on any atom is -0.383 e. The first-order valence-electron chi connectivity index (χ1n) is 6.30. The van der Waals surface area contributed by atoms with Crippen molar-refractivity contribution in [1.82, 2.24) is 5.32 Å². The van der Waals surface area contributed by atoms with E-state index in [1.165, 1.54) is 22.6 Å². The van der Waals surface area contributed by atoms with Crippen LogP contribution in [-0.4, -0.2) is 32.1 Å². The Kier molecular flexibility index (Phi) is 4.89. The lowest BCUT2D eigenvalue weighted by molar-refractivity contribution is 0.158. The average molecular weight is 251 g/mol. The topological polar surface area (TPSA) is 21.3 Å². The molecule has 1 N–H and O–H groups in total. The molecule has 1 aromatic carbocycles. The Labute approximate surface area is 108 Å². The summed E-state index contributed by atoms with van der Waals surface area (Å²) in [5, 5.41) is 3.61. The van der Waals surface area contributed by atoms with E-state index in [0.29, 0.717) is 12.0 Å². The van der Waals surface area contributed by atoms with E-state index in [-0.39, 0.29) is 0 Å². The highest BCUT2D eigenvalue weighted by Gasteiger charge is 2.29. The summed E-state index contributed by atoms with van der Waals surface area (Å²) in [6.07, 6.45) is 1.17. The molecular weight excluding hydrogens is 230 g/mol. The maximum atomic E-state index is 5.36. The lowest BCUT2D eigenvalue weighted by Crippen LogP contribution is -2.39. The molecule has 3 heteroatoms. The molecule has 0 aliphatic carbocycles. The standard InChI is InChI=1S/C14H21NOS/c1-3-8-15-13(9-16-2)12-10-17-14-7-5-4-6-11(12)14/h4-7,12-13,15H,3,8-10H2,1-2H3. The summed E-state index contributed by atoms with van der Waals surface area (Å²) in [5.41, 5.74) is 1.49. The Morgan fingerprint density at radius 1 is 1.47 bits per heavy atom. The first-order chi connectivity index (χ1) is 8.36. The van der Waals surface area contributed by atoms with Crippen molar-refractivity contribution in [2.75, 3.05) is 26.0 Å². The molecule has 2 atom stereocenters. The van der Waals surface area contributed by atoms with Crippen LogP contribution in [0.25, 0.3) is 0 Å². The number of rotatable bonds is 6. The first kappa shape index (κ1) is 12.9. The number of ether oxygens (including phenoxy) is 1. The van der Waals surface area contributed by atoms with Gasteiger partial charge in [0.25, 0.3) is 0 Å². The van der Waals surface area contributed by atoms with Crippen LogP contribution in [0.3, 0.4) is 0 Å². The monoisotopic (exact) mass is 251 g/mol. The molecule has 0 bridgehead atoms. The molecule has 1 aromatic rings. The SMILES string of the molecule is CCCNC(COC)C1CSc2ccccc21. The Bertz CT molecular complexity index is 356. The van der Waals surface area contributed by atoms with E-state index in [0.717, 1.165) is 13.2 Å². The van der Waals surface area contributed by atoms with Gasteiger partial charge >= 0.3 is 0 Å². The summed E-state index contributed by atoms with van der Waals surface area (Å²) < 4.78 is 5.36. The summed E-state index contributed by atoms with van der Waals surface area (Å²) in [6.45, 7) is 4.06. The number of nitrogens with one attached hydrogen (secondary N) is 1. The van der Waals surface area contributed by atoms with E-state index in [9.17, 15) is 0 Å². The van der Waals surface area contributed by atoms with Gasteiger partial charge in [-0.3, -0.25) is 0 Å². The van der Waals surface area contributed by atoms with Gasteiger partial charge in [0.15, 0.2) is 0 Å². The quantitative estimate of drug-likeness (QED) is 0.840. The lowest BCUT2D eigenvalue weighted by Gasteiger charge is -2.24. The van der Waals surface area contributed by atoms with Gasteiger partial charge in [0.2, 0.25) is 0 Å². The van der Waals surface area contributed by atoms with Crippen molar-refractivity contribution in [1.29, 1.82) is 0 Å². The highest BCUT2D eigenvalue weighted by molar-refractivity contribution is 7.99. The smallest absolute Gasteiger partial charge is 0.0622 e. The van der Waals surface area contributed by atoms with Crippen LogP contribution >= 0.6 is 11.8 Å². The van der Waals surface area contributed by atoms with E-state index in [1.807, 2.05) is 11.8 Å². The van der Waals surface area contributed by atoms with Gasteiger partial charge < -0.3 is 10.1 Å². The first-order valence-corrected chi connectivity index (χ1v) is 7.29. The Balaban J connectivity index is 2.09. The molecule has 17 heavy (non-hydrogen) atoms. The van der Waals surface area contributed by atoms with Crippen LogP contribution in [0.5, 0.6) is 0 Å². The van der Waals surface area contributed by atoms with Crippen molar-refractivity contribution in [3.05, 3.63) is 29.8 Å². The Morgan fingerprint density at radius 2 is 2.29 bits per heavy atom. The van der Waals surface area contributed by atoms with E-state index in [2.05, 4.69) is 36.5 Å². The van der Waals surface area contributed by atoms with Crippen LogP contribution in [0, 0.1) is 0 Å². The van der Waals surface area contributed by atoms with Crippen LogP contribution in [0.4, 0.5) is 0 Å². The van der Waals surface area contributed by atoms with Crippen LogP contribution in [0.15, 0.2) is 29.2 Å². The zero-order valence-electron chi connectivity index (χ0n) is 10.6. The molecule has 0 amide bonds. The summed E-state index contributed by atoms with van der Waals surface area (Å²) in [7, 11) is 1.79. The molecule has 0 aromatic heterocycles. The summed E-state index contributed by atoms with van der Waals surface area (Å²) in [4.78, 5) is 1.44. The zero-order valence-corrected chi connectivity index (χ0v) is 11.4. The number of hydrogen-bond donors (Lipinski definition) is 1. The van der Waals surface area contributed by atoms with Crippen LogP contribution in [0.2, 0.25) is 0 Å². The van der Waals surface area contributed by atoms with E-state index >= 15 is 0 Å². The zero-order chi connectivity index (χ0) is 12.1. The van der Waals surface area contributed by atoms with Crippen LogP contribution in [0.1, 0.15) is 24.8 Å². The number of fused-ring (bicyclic) bond motifs is 1. The van der Waals surface area contributed by atoms with E-state index in [4.69, 9.17) is 4.74 Å². The van der Waals surface area contributed by atoms with Gasteiger partial charge in [-0.2, -0.15) is 0 Å². The maximum Gasteiger partial charge on any atom is 0.0622 e. The fourth-order valence-electron chi connectivity index (χ4n) is 2.35. The van der Waals surface area contributed by atoms with Gasteiger partial charge in [-0.25, -0.2) is 0 Å². The highest BCUT2D eigenvalue weighted by atomic mass is 32.2. The molecule has 0 radical (unpaired) electrons. The molecule has 2 rings (SSSR count). The summed E-state index contributed by atoms with van der Waals surface area (Å²) in [5.74, 6) is 1.76. The van der Waals surface area contributed by atoms with E-state index in [1.54, 1.807) is 7.11 Å². The number of methoxy groups -OCH3 is 1. The third-order valence-corrected chi connectivity index (χ3v) is 4.43. The van der Waals surface area contributed by atoms with Crippen LogP contribution in [-0.2, 0) is 4.74 Å². The molecule has 0 spiro atoms. The van der Waals surface area contributed by atoms with Gasteiger partial charge in [0, 0.05) is 29.7 Å². The minimum atomic E-state index is 0.441. The van der Waals surface area contributed by atoms with Gasteiger partial charge in [0.05, 0.1) is 6.61 Å². The largest absolute Gasteiger partial charge is 0.383 e. The fraction of sp³-hybridized carbons (Fsp3) is 0.571. The van der Waals surface area contributed by atoms with Gasteiger partial charge in [-0.05, 0) is 24.6 Å². The second-order valence-corrected chi connectivity index (χ2v) is 5.53. The third-order valence-electron chi connectivity index (χ3n) is 3.23. The van der Waals surface area contributed by atoms with Crippen LogP contribution < -0.4 is 5.32 Å². The molecule has 0 fully saturated rings. The normalized spacial score (nSPS) is 20.2. The molecule has 1 aliphatic rings. The average Bonchev–Trinajstić information content (AvgIpc) is 2.78. The molecule has 2 unspecified atom stereocenters. The van der Waals surface area contributed by atoms with Crippen molar-refractivity contribution >= 4 is 11.8 Å². The van der Waals surface area contributed by atoms with Crippen molar-refractivity contribution in [3.8, 4) is 0 Å². The maximum absolute atomic E-state index is 5.36. The molecule has 0 saturated carbocycles. The molecule has 94 valence electrons. The van der Waals surface area contributed by atoms with Crippen molar-refractivity contribution in [3.63, 3.8) is 0 Å². The molecule has 1 heterocycles. The number of hydrogen-bond acceptors (Lipinski definition) is 3. The summed E-state index contributed by atoms with van der Waals surface area (Å²) in [6, 6.07) is 9.19. The molecular formula is C14H21NOS. The number of thioether (sulfide) groups is 1. The lowest BCUT2D eigenvalue weighted by atomic mass is 9.93. The summed E-state index contributed by atoms with van der Waals surface area (Å²) >= 11 is 1.97. The van der Waals surface area contributed by atoms with Crippen molar-refractivity contribution < 1.29 is 4.74 Å². The predicted molar refractivity (Wildman–Crippen MR) is 73.9 cm³/mol. The Morgan fingerprint density at radius 3 is 3.06 bits per heavy atom. The number of benzene rings is 1. The molecule has 2 nitrogen and oxygen atoms in total. The fourth-order valence-corrected chi connectivity index (χ4v) is 3.68. The highest BCUT2D eigenvalue weighted by Crippen LogP contribution is 2.41. The van der Waals surface area contributed by atoms with Gasteiger partial charge in [0.1, 0.15) is 0 Å². The van der Waals surface area contributed by atoms with Gasteiger partial charge in [-0.1, -0.05) is 25.1 Å². The minimum absolute atomic E-state index is 0.441. The van der Waals surface area contributed by atoms with Gasteiger partial charge in [-0.15, -0.1) is 11.8 Å². The molecule has 0 saturated heterocycles. The second kappa shape index (κ2) is 6.43. The predicted octanol–water partition coefficient (Wildman–Crippen LogP) is 2.89.